The minimum atomic E-state index is -0.164. The summed E-state index contributed by atoms with van der Waals surface area (Å²) in [6.07, 6.45) is 7.68. The summed E-state index contributed by atoms with van der Waals surface area (Å²) in [6, 6.07) is 16.0. The van der Waals surface area contributed by atoms with Crippen LogP contribution in [0.4, 0.5) is 5.69 Å². The normalized spacial score (nSPS) is 17.9. The van der Waals surface area contributed by atoms with Crippen molar-refractivity contribution in [1.82, 2.24) is 25.4 Å². The molecule has 0 unspecified atom stereocenters. The lowest BCUT2D eigenvalue weighted by Gasteiger charge is -2.23. The monoisotopic (exact) mass is 506 g/mol. The van der Waals surface area contributed by atoms with E-state index in [9.17, 15) is 9.59 Å². The molecule has 2 aliphatic rings. The highest BCUT2D eigenvalue weighted by Crippen LogP contribution is 2.37. The van der Waals surface area contributed by atoms with Crippen LogP contribution in [0, 0.1) is 13.8 Å². The van der Waals surface area contributed by atoms with Gasteiger partial charge >= 0.3 is 0 Å². The molecule has 0 radical (unpaired) electrons. The molecule has 4 heterocycles. The van der Waals surface area contributed by atoms with Crippen molar-refractivity contribution < 1.29 is 9.59 Å². The Labute approximate surface area is 221 Å². The zero-order chi connectivity index (χ0) is 26.2. The maximum atomic E-state index is 13.1. The largest absolute Gasteiger partial charge is 0.358 e. The zero-order valence-electron chi connectivity index (χ0n) is 21.5. The van der Waals surface area contributed by atoms with Crippen molar-refractivity contribution in [2.45, 2.75) is 32.7 Å². The predicted molar refractivity (Wildman–Crippen MR) is 149 cm³/mol. The number of carbonyl (C=O) groups excluding carboxylic acids is 2. The van der Waals surface area contributed by atoms with Crippen molar-refractivity contribution in [1.29, 1.82) is 0 Å². The number of aromatic amines is 1. The molecule has 0 spiro atoms. The number of para-hydroxylation sites is 1. The molecule has 8 heteroatoms. The average molecular weight is 507 g/mol. The molecule has 0 aliphatic carbocycles. The van der Waals surface area contributed by atoms with E-state index in [1.54, 1.807) is 0 Å². The van der Waals surface area contributed by atoms with Gasteiger partial charge < -0.3 is 20.9 Å². The highest BCUT2D eigenvalue weighted by molar-refractivity contribution is 6.35. The first-order chi connectivity index (χ1) is 18.5. The first-order valence-corrected chi connectivity index (χ1v) is 13.0. The van der Waals surface area contributed by atoms with E-state index < -0.39 is 0 Å². The molecule has 1 fully saturated rings. The van der Waals surface area contributed by atoms with Gasteiger partial charge in [0, 0.05) is 47.0 Å². The topological polar surface area (TPSA) is 104 Å². The van der Waals surface area contributed by atoms with Crippen molar-refractivity contribution in [3.8, 4) is 16.8 Å². The molecule has 2 aromatic carbocycles. The molecule has 1 saturated heterocycles. The van der Waals surface area contributed by atoms with Crippen LogP contribution in [-0.4, -0.2) is 45.7 Å². The van der Waals surface area contributed by atoms with Crippen LogP contribution in [-0.2, 0) is 4.79 Å². The molecule has 0 bridgehead atoms. The number of fused-ring (bicyclic) bond motifs is 1. The first-order valence-electron chi connectivity index (χ1n) is 13.0. The number of anilines is 1. The number of benzene rings is 2. The number of hydrogen-bond donors (Lipinski definition) is 4. The second kappa shape index (κ2) is 9.79. The van der Waals surface area contributed by atoms with Crippen LogP contribution in [0.2, 0.25) is 0 Å². The molecule has 8 nitrogen and oxygen atoms in total. The number of aryl methyl sites for hydroxylation is 1. The molecule has 4 N–H and O–H groups in total. The number of rotatable bonds is 5. The van der Waals surface area contributed by atoms with Gasteiger partial charge in [-0.2, -0.15) is 5.10 Å². The Kier molecular flexibility index (Phi) is 6.17. The first kappa shape index (κ1) is 23.9. The Morgan fingerprint density at radius 3 is 2.76 bits per heavy atom. The molecule has 38 heavy (non-hydrogen) atoms. The third-order valence-corrected chi connectivity index (χ3v) is 7.36. The van der Waals surface area contributed by atoms with Gasteiger partial charge in [-0.25, -0.2) is 4.68 Å². The minimum absolute atomic E-state index is 0.0800. The predicted octanol–water partition coefficient (Wildman–Crippen LogP) is 4.46. The zero-order valence-corrected chi connectivity index (χ0v) is 21.5. The summed E-state index contributed by atoms with van der Waals surface area (Å²) < 4.78 is 1.84. The van der Waals surface area contributed by atoms with Crippen molar-refractivity contribution in [2.24, 2.45) is 0 Å². The van der Waals surface area contributed by atoms with Gasteiger partial charge in [-0.15, -0.1) is 0 Å². The van der Waals surface area contributed by atoms with E-state index in [1.165, 1.54) is 0 Å². The number of hydrogen-bond acceptors (Lipinski definition) is 4. The Morgan fingerprint density at radius 1 is 1.13 bits per heavy atom. The van der Waals surface area contributed by atoms with E-state index in [1.807, 2.05) is 85.5 Å². The Balaban J connectivity index is 1.30. The van der Waals surface area contributed by atoms with Gasteiger partial charge in [0.05, 0.1) is 23.0 Å². The SMILES string of the molecule is Cc1[nH]c(C=C2C(=O)Nc3ccc(-c4cnn(-c5ccccc5)c4)cc32)c(C)c1C(=O)N[C@H]1CCCNC1. The van der Waals surface area contributed by atoms with E-state index in [2.05, 4.69) is 26.0 Å². The second-order valence-electron chi connectivity index (χ2n) is 9.96. The summed E-state index contributed by atoms with van der Waals surface area (Å²) >= 11 is 0. The third kappa shape index (κ3) is 4.43. The van der Waals surface area contributed by atoms with Crippen LogP contribution >= 0.6 is 0 Å². The second-order valence-corrected chi connectivity index (χ2v) is 9.96. The van der Waals surface area contributed by atoms with Gasteiger partial charge in [-0.3, -0.25) is 9.59 Å². The van der Waals surface area contributed by atoms with Gasteiger partial charge in [0.2, 0.25) is 0 Å². The van der Waals surface area contributed by atoms with Gasteiger partial charge in [-0.05, 0) is 74.7 Å². The van der Waals surface area contributed by atoms with Crippen LogP contribution < -0.4 is 16.0 Å². The standard InChI is InChI=1S/C30H30N6O2/c1-18-27(33-19(2)28(18)30(38)34-22-7-6-12-31-16-22)14-25-24-13-20(10-11-26(24)35-29(25)37)21-15-32-36(17-21)23-8-4-3-5-9-23/h3-5,8-11,13-15,17,22,31,33H,6-7,12,16H2,1-2H3,(H,34,38)(H,35,37)/t22-/m0/s1. The molecule has 6 rings (SSSR count). The molecule has 2 aromatic heterocycles. The number of H-pyrrole nitrogens is 1. The highest BCUT2D eigenvalue weighted by Gasteiger charge is 2.27. The van der Waals surface area contributed by atoms with E-state index in [-0.39, 0.29) is 17.9 Å². The number of piperidine rings is 1. The number of carbonyl (C=O) groups is 2. The van der Waals surface area contributed by atoms with Crippen LogP contribution in [0.1, 0.15) is 45.7 Å². The summed E-state index contributed by atoms with van der Waals surface area (Å²) in [4.78, 5) is 29.4. The summed E-state index contributed by atoms with van der Waals surface area (Å²) in [5.41, 5.74) is 8.08. The lowest BCUT2D eigenvalue weighted by Crippen LogP contribution is -2.45. The Hall–Kier alpha value is -4.43. The lowest BCUT2D eigenvalue weighted by atomic mass is 9.99. The Morgan fingerprint density at radius 2 is 1.97 bits per heavy atom. The number of amides is 2. The highest BCUT2D eigenvalue weighted by atomic mass is 16.2. The quantitative estimate of drug-likeness (QED) is 0.300. The maximum absolute atomic E-state index is 13.1. The Bertz CT molecular complexity index is 1560. The smallest absolute Gasteiger partial charge is 0.256 e. The molecule has 1 atom stereocenters. The molecular weight excluding hydrogens is 476 g/mol. The van der Waals surface area contributed by atoms with E-state index in [0.717, 1.165) is 70.9 Å². The summed E-state index contributed by atoms with van der Waals surface area (Å²) in [5, 5.41) is 14.0. The van der Waals surface area contributed by atoms with Crippen LogP contribution in [0.15, 0.2) is 60.9 Å². The van der Waals surface area contributed by atoms with Crippen LogP contribution in [0.3, 0.4) is 0 Å². The van der Waals surface area contributed by atoms with E-state index in [4.69, 9.17) is 0 Å². The fourth-order valence-corrected chi connectivity index (χ4v) is 5.34. The molecule has 2 amide bonds. The molecular formula is C30H30N6O2. The minimum Gasteiger partial charge on any atom is -0.358 e. The third-order valence-electron chi connectivity index (χ3n) is 7.36. The fraction of sp³-hybridized carbons (Fsp3) is 0.233. The fourth-order valence-electron chi connectivity index (χ4n) is 5.34. The summed E-state index contributed by atoms with van der Waals surface area (Å²) in [6.45, 7) is 5.60. The summed E-state index contributed by atoms with van der Waals surface area (Å²) in [5.74, 6) is -0.244. The molecule has 4 aromatic rings. The van der Waals surface area contributed by atoms with E-state index in [0.29, 0.717) is 11.1 Å². The molecule has 0 saturated carbocycles. The van der Waals surface area contributed by atoms with Gasteiger partial charge in [0.15, 0.2) is 0 Å². The van der Waals surface area contributed by atoms with Crippen molar-refractivity contribution in [3.05, 3.63) is 89.0 Å². The number of aromatic nitrogens is 3. The summed E-state index contributed by atoms with van der Waals surface area (Å²) in [7, 11) is 0. The van der Waals surface area contributed by atoms with Gasteiger partial charge in [0.1, 0.15) is 0 Å². The molecule has 192 valence electrons. The number of nitrogens with one attached hydrogen (secondary N) is 4. The van der Waals surface area contributed by atoms with Crippen molar-refractivity contribution in [3.63, 3.8) is 0 Å². The maximum Gasteiger partial charge on any atom is 0.256 e. The van der Waals surface area contributed by atoms with Gasteiger partial charge in [-0.1, -0.05) is 24.3 Å². The van der Waals surface area contributed by atoms with E-state index >= 15 is 0 Å². The number of nitrogens with zero attached hydrogens (tertiary/aromatic N) is 2. The average Bonchev–Trinajstić information content (AvgIpc) is 3.61. The van der Waals surface area contributed by atoms with Gasteiger partial charge in [0.25, 0.3) is 11.8 Å². The molecule has 2 aliphatic heterocycles. The van der Waals surface area contributed by atoms with Crippen molar-refractivity contribution >= 4 is 29.2 Å². The van der Waals surface area contributed by atoms with Crippen LogP contribution in [0.25, 0.3) is 28.5 Å². The van der Waals surface area contributed by atoms with Crippen molar-refractivity contribution in [2.75, 3.05) is 18.4 Å². The van der Waals surface area contributed by atoms with Crippen LogP contribution in [0.5, 0.6) is 0 Å². The lowest BCUT2D eigenvalue weighted by molar-refractivity contribution is -0.110.